The van der Waals surface area contributed by atoms with Gasteiger partial charge in [0.15, 0.2) is 5.13 Å². The van der Waals surface area contributed by atoms with Crippen LogP contribution in [0.1, 0.15) is 57.0 Å². The Morgan fingerprint density at radius 1 is 1.35 bits per heavy atom. The summed E-state index contributed by atoms with van der Waals surface area (Å²) in [5.41, 5.74) is 1.31. The molecule has 0 bridgehead atoms. The Labute approximate surface area is 126 Å². The van der Waals surface area contributed by atoms with E-state index in [9.17, 15) is 0 Å². The zero-order valence-electron chi connectivity index (χ0n) is 13.0. The number of hydrogen-bond donors (Lipinski definition) is 1. The lowest BCUT2D eigenvalue weighted by Gasteiger charge is -2.27. The molecule has 1 saturated carbocycles. The second-order valence-electron chi connectivity index (χ2n) is 6.52. The quantitative estimate of drug-likeness (QED) is 0.869. The van der Waals surface area contributed by atoms with Crippen LogP contribution >= 0.6 is 11.3 Å². The van der Waals surface area contributed by atoms with Crippen molar-refractivity contribution in [2.45, 2.75) is 71.5 Å². The number of aryl methyl sites for hydroxylation is 1. The Balaban J connectivity index is 1.75. The molecule has 1 aliphatic heterocycles. The summed E-state index contributed by atoms with van der Waals surface area (Å²) < 4.78 is 0. The van der Waals surface area contributed by atoms with Gasteiger partial charge in [0.05, 0.1) is 5.69 Å². The van der Waals surface area contributed by atoms with Crippen molar-refractivity contribution in [1.29, 1.82) is 0 Å². The maximum absolute atomic E-state index is 4.95. The van der Waals surface area contributed by atoms with Crippen LogP contribution in [0, 0.1) is 5.92 Å². The molecule has 0 spiro atoms. The monoisotopic (exact) mass is 293 g/mol. The highest BCUT2D eigenvalue weighted by Gasteiger charge is 2.30. The molecule has 3 nitrogen and oxygen atoms in total. The van der Waals surface area contributed by atoms with Crippen LogP contribution in [0.15, 0.2) is 0 Å². The molecule has 3 rings (SSSR count). The zero-order chi connectivity index (χ0) is 14.1. The number of aromatic nitrogens is 1. The highest BCUT2D eigenvalue weighted by atomic mass is 32.1. The van der Waals surface area contributed by atoms with E-state index < -0.39 is 0 Å². The summed E-state index contributed by atoms with van der Waals surface area (Å²) in [5, 5.41) is 4.91. The van der Waals surface area contributed by atoms with Gasteiger partial charge in [-0.2, -0.15) is 0 Å². The molecule has 2 heterocycles. The zero-order valence-corrected chi connectivity index (χ0v) is 13.8. The van der Waals surface area contributed by atoms with Crippen molar-refractivity contribution in [3.05, 3.63) is 10.6 Å². The van der Waals surface area contributed by atoms with E-state index in [1.165, 1.54) is 47.9 Å². The van der Waals surface area contributed by atoms with Crippen molar-refractivity contribution < 1.29 is 0 Å². The molecule has 1 unspecified atom stereocenters. The van der Waals surface area contributed by atoms with Gasteiger partial charge in [0.2, 0.25) is 0 Å². The highest BCUT2D eigenvalue weighted by molar-refractivity contribution is 7.15. The van der Waals surface area contributed by atoms with Gasteiger partial charge in [-0.15, -0.1) is 11.3 Å². The fraction of sp³-hybridized carbons (Fsp3) is 0.812. The van der Waals surface area contributed by atoms with E-state index in [1.54, 1.807) is 0 Å². The molecular formula is C16H27N3S. The van der Waals surface area contributed by atoms with Crippen LogP contribution in [-0.2, 0) is 13.0 Å². The molecule has 1 saturated heterocycles. The van der Waals surface area contributed by atoms with Gasteiger partial charge in [-0.25, -0.2) is 4.98 Å². The van der Waals surface area contributed by atoms with Gasteiger partial charge < -0.3 is 10.2 Å². The van der Waals surface area contributed by atoms with Crippen molar-refractivity contribution in [1.82, 2.24) is 10.3 Å². The van der Waals surface area contributed by atoms with Crippen molar-refractivity contribution >= 4 is 16.5 Å². The number of nitrogens with one attached hydrogen (secondary N) is 1. The van der Waals surface area contributed by atoms with Gasteiger partial charge in [0.25, 0.3) is 0 Å². The molecule has 0 aromatic carbocycles. The smallest absolute Gasteiger partial charge is 0.186 e. The number of thiazole rings is 1. The minimum absolute atomic E-state index is 0.690. The lowest BCUT2D eigenvalue weighted by Crippen LogP contribution is -2.33. The average molecular weight is 293 g/mol. The first-order valence-corrected chi connectivity index (χ1v) is 8.99. The third-order valence-corrected chi connectivity index (χ3v) is 5.68. The second kappa shape index (κ2) is 6.02. The Kier molecular flexibility index (Phi) is 4.32. The van der Waals surface area contributed by atoms with Crippen LogP contribution in [0.4, 0.5) is 5.13 Å². The minimum Gasteiger partial charge on any atom is -0.345 e. The lowest BCUT2D eigenvalue weighted by atomic mass is 10.0. The van der Waals surface area contributed by atoms with Crippen LogP contribution in [0.3, 0.4) is 0 Å². The molecule has 2 aliphatic rings. The maximum atomic E-state index is 4.95. The average Bonchev–Trinajstić information content (AvgIpc) is 2.98. The summed E-state index contributed by atoms with van der Waals surface area (Å²) in [4.78, 5) is 8.97. The molecule has 112 valence electrons. The molecule has 1 N–H and O–H groups in total. The third kappa shape index (κ3) is 3.01. The molecule has 4 heteroatoms. The topological polar surface area (TPSA) is 28.2 Å². The van der Waals surface area contributed by atoms with Crippen LogP contribution in [0.25, 0.3) is 0 Å². The van der Waals surface area contributed by atoms with Gasteiger partial charge in [0, 0.05) is 30.1 Å². The standard InChI is InChI=1S/C16H27N3S/c1-4-13-15(10-17-12-7-8-12)20-16(18-13)19-9-5-6-14(19)11(2)3/h11-12,14,17H,4-10H2,1-3H3. The van der Waals surface area contributed by atoms with E-state index in [0.717, 1.165) is 24.9 Å². The number of nitrogens with zero attached hydrogens (tertiary/aromatic N) is 2. The molecule has 1 aromatic heterocycles. The Morgan fingerprint density at radius 3 is 2.80 bits per heavy atom. The summed E-state index contributed by atoms with van der Waals surface area (Å²) in [6.45, 7) is 9.11. The summed E-state index contributed by atoms with van der Waals surface area (Å²) in [6.07, 6.45) is 6.41. The minimum atomic E-state index is 0.690. The Hall–Kier alpha value is -0.610. The largest absolute Gasteiger partial charge is 0.345 e. The second-order valence-corrected chi connectivity index (χ2v) is 7.58. The van der Waals surface area contributed by atoms with Crippen molar-refractivity contribution in [3.8, 4) is 0 Å². The summed E-state index contributed by atoms with van der Waals surface area (Å²) in [5.74, 6) is 0.722. The van der Waals surface area contributed by atoms with Crippen LogP contribution in [0.5, 0.6) is 0 Å². The molecule has 2 fully saturated rings. The molecular weight excluding hydrogens is 266 g/mol. The third-order valence-electron chi connectivity index (χ3n) is 4.54. The van der Waals surface area contributed by atoms with E-state index in [0.29, 0.717) is 6.04 Å². The maximum Gasteiger partial charge on any atom is 0.186 e. The SMILES string of the molecule is CCc1nc(N2CCCC2C(C)C)sc1CNC1CC1. The molecule has 1 aromatic rings. The molecule has 20 heavy (non-hydrogen) atoms. The van der Waals surface area contributed by atoms with Crippen molar-refractivity contribution in [3.63, 3.8) is 0 Å². The van der Waals surface area contributed by atoms with Crippen molar-refractivity contribution in [2.75, 3.05) is 11.4 Å². The normalized spacial score (nSPS) is 23.0. The first-order valence-electron chi connectivity index (χ1n) is 8.17. The summed E-state index contributed by atoms with van der Waals surface area (Å²) >= 11 is 1.92. The molecule has 1 atom stereocenters. The van der Waals surface area contributed by atoms with E-state index in [1.807, 2.05) is 11.3 Å². The van der Waals surface area contributed by atoms with Gasteiger partial charge in [-0.05, 0) is 38.0 Å². The Bertz CT molecular complexity index is 451. The first-order chi connectivity index (χ1) is 9.69. The Morgan fingerprint density at radius 2 is 2.15 bits per heavy atom. The molecule has 1 aliphatic carbocycles. The van der Waals surface area contributed by atoms with Gasteiger partial charge in [-0.3, -0.25) is 0 Å². The van der Waals surface area contributed by atoms with Gasteiger partial charge in [0.1, 0.15) is 0 Å². The molecule has 0 radical (unpaired) electrons. The summed E-state index contributed by atoms with van der Waals surface area (Å²) in [7, 11) is 0. The van der Waals surface area contributed by atoms with Crippen molar-refractivity contribution in [2.24, 2.45) is 5.92 Å². The highest BCUT2D eigenvalue weighted by Crippen LogP contribution is 2.34. The predicted octanol–water partition coefficient (Wildman–Crippen LogP) is 3.58. The fourth-order valence-electron chi connectivity index (χ4n) is 3.15. The number of hydrogen-bond acceptors (Lipinski definition) is 4. The van der Waals surface area contributed by atoms with Crippen LogP contribution < -0.4 is 10.2 Å². The lowest BCUT2D eigenvalue weighted by molar-refractivity contribution is 0.491. The first kappa shape index (κ1) is 14.3. The van der Waals surface area contributed by atoms with E-state index in [4.69, 9.17) is 4.98 Å². The number of rotatable bonds is 6. The van der Waals surface area contributed by atoms with E-state index in [-0.39, 0.29) is 0 Å². The number of anilines is 1. The van der Waals surface area contributed by atoms with Crippen LogP contribution in [-0.4, -0.2) is 23.6 Å². The van der Waals surface area contributed by atoms with Gasteiger partial charge in [-0.1, -0.05) is 20.8 Å². The predicted molar refractivity (Wildman–Crippen MR) is 86.6 cm³/mol. The van der Waals surface area contributed by atoms with Crippen LogP contribution in [0.2, 0.25) is 0 Å². The van der Waals surface area contributed by atoms with E-state index >= 15 is 0 Å². The van der Waals surface area contributed by atoms with E-state index in [2.05, 4.69) is 31.0 Å². The molecule has 0 amide bonds. The van der Waals surface area contributed by atoms with Gasteiger partial charge >= 0.3 is 0 Å². The summed E-state index contributed by atoms with van der Waals surface area (Å²) in [6, 6.07) is 1.47. The fourth-order valence-corrected chi connectivity index (χ4v) is 4.34.